The van der Waals surface area contributed by atoms with E-state index in [1.165, 1.54) is 21.1 Å². The molecule has 0 aliphatic heterocycles. The monoisotopic (exact) mass is 424 g/mol. The zero-order valence-corrected chi connectivity index (χ0v) is 16.3. The average Bonchev–Trinajstić information content (AvgIpc) is 3.15. The highest BCUT2D eigenvalue weighted by molar-refractivity contribution is 7.09. The topological polar surface area (TPSA) is 93.1 Å². The number of nitrogens with one attached hydrogen (secondary N) is 1. The first-order valence-corrected chi connectivity index (χ1v) is 8.89. The second-order valence-corrected chi connectivity index (χ2v) is 6.55. The van der Waals surface area contributed by atoms with Crippen molar-refractivity contribution in [3.63, 3.8) is 0 Å². The van der Waals surface area contributed by atoms with Crippen molar-refractivity contribution in [3.8, 4) is 17.3 Å². The summed E-state index contributed by atoms with van der Waals surface area (Å²) in [4.78, 5) is 25.0. The van der Waals surface area contributed by atoms with Crippen LogP contribution >= 0.6 is 11.5 Å². The molecule has 0 aromatic carbocycles. The van der Waals surface area contributed by atoms with E-state index < -0.39 is 17.6 Å². The number of ether oxygens (including phenoxy) is 1. The lowest BCUT2D eigenvalue weighted by Crippen LogP contribution is -2.24. The van der Waals surface area contributed by atoms with Crippen LogP contribution in [0.4, 0.5) is 29.8 Å². The van der Waals surface area contributed by atoms with Crippen LogP contribution in [0.2, 0.25) is 0 Å². The number of alkyl halides is 3. The van der Waals surface area contributed by atoms with E-state index in [9.17, 15) is 18.0 Å². The van der Waals surface area contributed by atoms with Gasteiger partial charge in [0, 0.05) is 44.0 Å². The molecule has 0 spiro atoms. The van der Waals surface area contributed by atoms with Crippen LogP contribution < -0.4 is 15.0 Å². The van der Waals surface area contributed by atoms with E-state index in [-0.39, 0.29) is 16.6 Å². The van der Waals surface area contributed by atoms with Gasteiger partial charge in [-0.25, -0.2) is 4.98 Å². The summed E-state index contributed by atoms with van der Waals surface area (Å²) in [5.41, 5.74) is -0.539. The van der Waals surface area contributed by atoms with E-state index in [2.05, 4.69) is 24.6 Å². The summed E-state index contributed by atoms with van der Waals surface area (Å²) in [7, 11) is 2.88. The Bertz CT molecular complexity index is 1040. The molecule has 0 aliphatic carbocycles. The fourth-order valence-corrected chi connectivity index (χ4v) is 2.85. The molecule has 3 rings (SSSR count). The predicted octanol–water partition coefficient (Wildman–Crippen LogP) is 3.75. The minimum absolute atomic E-state index is 0.0384. The lowest BCUT2D eigenvalue weighted by Gasteiger charge is -2.20. The summed E-state index contributed by atoms with van der Waals surface area (Å²) < 4.78 is 48.4. The largest absolute Gasteiger partial charge is 0.497 e. The zero-order valence-electron chi connectivity index (χ0n) is 15.5. The highest BCUT2D eigenvalue weighted by Crippen LogP contribution is 2.35. The summed E-state index contributed by atoms with van der Waals surface area (Å²) in [5.74, 6) is 0.476. The van der Waals surface area contributed by atoms with Crippen LogP contribution in [0, 0.1) is 0 Å². The lowest BCUT2D eigenvalue weighted by molar-refractivity contribution is -0.137. The predicted molar refractivity (Wildman–Crippen MR) is 101 cm³/mol. The van der Waals surface area contributed by atoms with Gasteiger partial charge in [-0.1, -0.05) is 0 Å². The van der Waals surface area contributed by atoms with E-state index in [1.807, 2.05) is 0 Å². The molecule has 0 aliphatic rings. The maximum atomic E-state index is 13.0. The standard InChI is InChI=1S/C17H15F3N6O2S/c1-9(27)26(2)13-6-10(17(18,19)20)8-22-15(13)24-16-23-14(25-29-16)12-7-11(28-3)4-5-21-12/h4-8H,1-3H3,(H,22,23,24,25). The SMILES string of the molecule is COc1ccnc(-c2nsc(Nc3ncc(C(F)(F)F)cc3N(C)C(C)=O)n2)c1. The number of halogens is 3. The molecule has 1 N–H and O–H groups in total. The van der Waals surface area contributed by atoms with Gasteiger partial charge in [-0.05, 0) is 12.1 Å². The molecule has 29 heavy (non-hydrogen) atoms. The van der Waals surface area contributed by atoms with Gasteiger partial charge in [0.1, 0.15) is 11.4 Å². The fourth-order valence-electron chi connectivity index (χ4n) is 2.27. The highest BCUT2D eigenvalue weighted by Gasteiger charge is 2.32. The highest BCUT2D eigenvalue weighted by atomic mass is 32.1. The van der Waals surface area contributed by atoms with Gasteiger partial charge < -0.3 is 15.0 Å². The molecule has 0 fully saturated rings. The molecule has 0 bridgehead atoms. The Morgan fingerprint density at radius 2 is 2.03 bits per heavy atom. The molecule has 0 saturated carbocycles. The second kappa shape index (κ2) is 7.99. The maximum Gasteiger partial charge on any atom is 0.417 e. The molecule has 3 aromatic rings. The molecular formula is C17H15F3N6O2S. The van der Waals surface area contributed by atoms with Crippen molar-refractivity contribution in [2.45, 2.75) is 13.1 Å². The minimum atomic E-state index is -4.59. The van der Waals surface area contributed by atoms with Crippen LogP contribution in [0.15, 0.2) is 30.6 Å². The van der Waals surface area contributed by atoms with Crippen molar-refractivity contribution in [1.82, 2.24) is 19.3 Å². The average molecular weight is 424 g/mol. The van der Waals surface area contributed by atoms with Gasteiger partial charge >= 0.3 is 6.18 Å². The van der Waals surface area contributed by atoms with E-state index in [0.717, 1.165) is 22.5 Å². The van der Waals surface area contributed by atoms with E-state index in [4.69, 9.17) is 4.74 Å². The van der Waals surface area contributed by atoms with Crippen LogP contribution in [0.3, 0.4) is 0 Å². The normalized spacial score (nSPS) is 11.2. The summed E-state index contributed by atoms with van der Waals surface area (Å²) >= 11 is 0.973. The van der Waals surface area contributed by atoms with Gasteiger partial charge in [0.2, 0.25) is 11.0 Å². The molecule has 0 unspecified atom stereocenters. The number of hydrogen-bond acceptors (Lipinski definition) is 8. The third-order valence-corrected chi connectivity index (χ3v) is 4.51. The van der Waals surface area contributed by atoms with E-state index in [0.29, 0.717) is 23.5 Å². The lowest BCUT2D eigenvalue weighted by atomic mass is 10.2. The molecule has 3 heterocycles. The Balaban J connectivity index is 1.93. The number of rotatable bonds is 5. The van der Waals surface area contributed by atoms with E-state index >= 15 is 0 Å². The fraction of sp³-hybridized carbons (Fsp3) is 0.235. The second-order valence-electron chi connectivity index (χ2n) is 5.80. The van der Waals surface area contributed by atoms with Crippen molar-refractivity contribution in [3.05, 3.63) is 36.2 Å². The van der Waals surface area contributed by atoms with Gasteiger partial charge in [-0.2, -0.15) is 22.5 Å². The molecule has 12 heteroatoms. The number of pyridine rings is 2. The number of nitrogens with zero attached hydrogens (tertiary/aromatic N) is 5. The molecular weight excluding hydrogens is 409 g/mol. The van der Waals surface area contributed by atoms with Crippen LogP contribution in [0.25, 0.3) is 11.5 Å². The Labute approximate surface area is 167 Å². The third-order valence-electron chi connectivity index (χ3n) is 3.88. The van der Waals surface area contributed by atoms with Crippen molar-refractivity contribution in [1.29, 1.82) is 0 Å². The Morgan fingerprint density at radius 3 is 2.69 bits per heavy atom. The molecule has 8 nitrogen and oxygen atoms in total. The van der Waals surface area contributed by atoms with Gasteiger partial charge in [-0.15, -0.1) is 0 Å². The number of aromatic nitrogens is 4. The summed E-state index contributed by atoms with van der Waals surface area (Å²) in [6, 6.07) is 4.17. The molecule has 0 radical (unpaired) electrons. The Hall–Kier alpha value is -3.28. The quantitative estimate of drug-likeness (QED) is 0.667. The first kappa shape index (κ1) is 20.5. The van der Waals surface area contributed by atoms with Crippen LogP contribution in [0.5, 0.6) is 5.75 Å². The van der Waals surface area contributed by atoms with Crippen LogP contribution in [-0.2, 0) is 11.0 Å². The Morgan fingerprint density at radius 1 is 1.28 bits per heavy atom. The van der Waals surface area contributed by atoms with E-state index in [1.54, 1.807) is 18.3 Å². The van der Waals surface area contributed by atoms with Crippen LogP contribution in [0.1, 0.15) is 12.5 Å². The zero-order chi connectivity index (χ0) is 21.2. The molecule has 3 aromatic heterocycles. The third kappa shape index (κ3) is 4.59. The molecule has 0 saturated heterocycles. The van der Waals surface area contributed by atoms with Gasteiger partial charge in [0.05, 0.1) is 18.4 Å². The van der Waals surface area contributed by atoms with Crippen molar-refractivity contribution in [2.75, 3.05) is 24.4 Å². The Kier molecular flexibility index (Phi) is 5.64. The van der Waals surface area contributed by atoms with Crippen LogP contribution in [-0.4, -0.2) is 39.4 Å². The van der Waals surface area contributed by atoms with Gasteiger partial charge in [0.15, 0.2) is 11.6 Å². The first-order valence-electron chi connectivity index (χ1n) is 8.11. The number of hydrogen-bond donors (Lipinski definition) is 1. The maximum absolute atomic E-state index is 13.0. The number of carbonyl (C=O) groups is 1. The summed E-state index contributed by atoms with van der Waals surface area (Å²) in [5, 5.41) is 3.09. The minimum Gasteiger partial charge on any atom is -0.497 e. The smallest absolute Gasteiger partial charge is 0.417 e. The van der Waals surface area contributed by atoms with Gasteiger partial charge in [-0.3, -0.25) is 9.78 Å². The summed E-state index contributed by atoms with van der Waals surface area (Å²) in [6.07, 6.45) is -2.36. The summed E-state index contributed by atoms with van der Waals surface area (Å²) in [6.45, 7) is 1.24. The first-order chi connectivity index (χ1) is 13.7. The number of carbonyl (C=O) groups excluding carboxylic acids is 1. The number of amides is 1. The van der Waals surface area contributed by atoms with Gasteiger partial charge in [0.25, 0.3) is 0 Å². The molecule has 152 valence electrons. The van der Waals surface area contributed by atoms with Crippen molar-refractivity contribution >= 4 is 34.1 Å². The van der Waals surface area contributed by atoms with Crippen molar-refractivity contribution in [2.24, 2.45) is 0 Å². The number of methoxy groups -OCH3 is 1. The molecule has 0 atom stereocenters. The van der Waals surface area contributed by atoms with Crippen molar-refractivity contribution < 1.29 is 22.7 Å². The number of anilines is 3. The molecule has 1 amide bonds.